The molecule has 1 aliphatic heterocycles. The summed E-state index contributed by atoms with van der Waals surface area (Å²) in [5.41, 5.74) is -0.675. The van der Waals surface area contributed by atoms with Crippen molar-refractivity contribution in [3.8, 4) is 11.5 Å². The predicted molar refractivity (Wildman–Crippen MR) is 66.8 cm³/mol. The van der Waals surface area contributed by atoms with Crippen LogP contribution in [0.2, 0.25) is 0 Å². The minimum atomic E-state index is -3.65. The van der Waals surface area contributed by atoms with Crippen molar-refractivity contribution in [1.29, 1.82) is 0 Å². The lowest BCUT2D eigenvalue weighted by molar-refractivity contribution is 0.171. The van der Waals surface area contributed by atoms with Crippen molar-refractivity contribution >= 4 is 10.0 Å². The van der Waals surface area contributed by atoms with Crippen molar-refractivity contribution in [2.45, 2.75) is 23.3 Å². The molecule has 1 aromatic rings. The number of rotatable bonds is 4. The van der Waals surface area contributed by atoms with Crippen LogP contribution in [0.15, 0.2) is 23.1 Å². The number of hydrogen-bond acceptors (Lipinski definition) is 5. The van der Waals surface area contributed by atoms with Gasteiger partial charge in [-0.25, -0.2) is 13.1 Å². The van der Waals surface area contributed by atoms with Gasteiger partial charge in [-0.15, -0.1) is 0 Å². The van der Waals surface area contributed by atoms with Gasteiger partial charge in [-0.3, -0.25) is 0 Å². The van der Waals surface area contributed by atoms with Crippen LogP contribution in [-0.2, 0) is 10.0 Å². The van der Waals surface area contributed by atoms with Gasteiger partial charge >= 0.3 is 0 Å². The highest BCUT2D eigenvalue weighted by Gasteiger charge is 2.45. The number of hydrogen-bond donors (Lipinski definition) is 2. The first-order chi connectivity index (χ1) is 9.05. The molecular weight excluding hydrogens is 270 g/mol. The lowest BCUT2D eigenvalue weighted by Crippen LogP contribution is -2.39. The van der Waals surface area contributed by atoms with Crippen LogP contribution in [0.3, 0.4) is 0 Å². The van der Waals surface area contributed by atoms with Crippen LogP contribution < -0.4 is 14.2 Å². The molecule has 0 amide bonds. The predicted octanol–water partition coefficient (Wildman–Crippen LogP) is 0.261. The number of sulfonamides is 1. The van der Waals surface area contributed by atoms with Gasteiger partial charge in [0.05, 0.1) is 17.0 Å². The Hall–Kier alpha value is -1.31. The molecule has 2 N–H and O–H groups in total. The molecule has 19 heavy (non-hydrogen) atoms. The van der Waals surface area contributed by atoms with Crippen LogP contribution >= 0.6 is 0 Å². The molecule has 1 heterocycles. The molecule has 0 aromatic heterocycles. The highest BCUT2D eigenvalue weighted by Crippen LogP contribution is 2.37. The maximum Gasteiger partial charge on any atom is 0.241 e. The maximum atomic E-state index is 12.2. The van der Waals surface area contributed by atoms with E-state index in [-0.39, 0.29) is 11.5 Å². The molecule has 0 saturated heterocycles. The number of benzene rings is 1. The summed E-state index contributed by atoms with van der Waals surface area (Å²) in [6.45, 7) is 0.687. The summed E-state index contributed by atoms with van der Waals surface area (Å²) in [6.07, 6.45) is 1.32. The van der Waals surface area contributed by atoms with Crippen LogP contribution in [0.25, 0.3) is 0 Å². The lowest BCUT2D eigenvalue weighted by Gasteiger charge is -2.20. The molecule has 7 heteroatoms. The molecule has 1 fully saturated rings. The second kappa shape index (κ2) is 4.36. The minimum absolute atomic E-state index is 0.122. The van der Waals surface area contributed by atoms with Crippen molar-refractivity contribution in [3.05, 3.63) is 18.2 Å². The van der Waals surface area contributed by atoms with Gasteiger partial charge in [-0.05, 0) is 25.0 Å². The minimum Gasteiger partial charge on any atom is -0.486 e. The van der Waals surface area contributed by atoms with Gasteiger partial charge in [0, 0.05) is 6.07 Å². The molecule has 0 bridgehead atoms. The quantitative estimate of drug-likeness (QED) is 0.829. The van der Waals surface area contributed by atoms with Gasteiger partial charge in [0.2, 0.25) is 10.0 Å². The Balaban J connectivity index is 1.89. The summed E-state index contributed by atoms with van der Waals surface area (Å²) < 4.78 is 37.7. The van der Waals surface area contributed by atoms with E-state index in [9.17, 15) is 13.5 Å². The Morgan fingerprint density at radius 2 is 1.89 bits per heavy atom. The lowest BCUT2D eigenvalue weighted by atomic mass is 10.3. The molecule has 1 saturated carbocycles. The highest BCUT2D eigenvalue weighted by molar-refractivity contribution is 7.89. The molecule has 0 atom stereocenters. The first kappa shape index (κ1) is 12.7. The van der Waals surface area contributed by atoms with E-state index in [2.05, 4.69) is 4.72 Å². The van der Waals surface area contributed by atoms with Gasteiger partial charge in [-0.2, -0.15) is 0 Å². The Kier molecular flexibility index (Phi) is 2.92. The molecule has 1 aliphatic carbocycles. The molecule has 3 rings (SSSR count). The van der Waals surface area contributed by atoms with E-state index in [1.165, 1.54) is 12.1 Å². The fraction of sp³-hybridized carbons (Fsp3) is 0.500. The van der Waals surface area contributed by atoms with E-state index in [1.807, 2.05) is 0 Å². The summed E-state index contributed by atoms with van der Waals surface area (Å²) >= 11 is 0. The summed E-state index contributed by atoms with van der Waals surface area (Å²) in [5, 5.41) is 9.19. The van der Waals surface area contributed by atoms with Crippen LogP contribution in [0.5, 0.6) is 11.5 Å². The van der Waals surface area contributed by atoms with E-state index >= 15 is 0 Å². The van der Waals surface area contributed by atoms with Crippen molar-refractivity contribution in [1.82, 2.24) is 4.72 Å². The molecule has 6 nitrogen and oxygen atoms in total. The zero-order valence-corrected chi connectivity index (χ0v) is 11.1. The average molecular weight is 285 g/mol. The molecule has 0 spiro atoms. The summed E-state index contributed by atoms with van der Waals surface area (Å²) in [4.78, 5) is 0.122. The molecule has 2 aliphatic rings. The zero-order valence-electron chi connectivity index (χ0n) is 10.3. The highest BCUT2D eigenvalue weighted by atomic mass is 32.2. The number of ether oxygens (including phenoxy) is 2. The second-order valence-electron chi connectivity index (χ2n) is 4.85. The average Bonchev–Trinajstić information content (AvgIpc) is 3.18. The summed E-state index contributed by atoms with van der Waals surface area (Å²) in [5.74, 6) is 0.983. The molecule has 0 radical (unpaired) electrons. The van der Waals surface area contributed by atoms with Crippen molar-refractivity contribution in [3.63, 3.8) is 0 Å². The Bertz CT molecular complexity index is 594. The number of aliphatic hydroxyl groups is 1. The topological polar surface area (TPSA) is 84.9 Å². The number of aliphatic hydroxyl groups excluding tert-OH is 1. The van der Waals surface area contributed by atoms with Crippen LogP contribution in [0.1, 0.15) is 12.8 Å². The van der Waals surface area contributed by atoms with Crippen molar-refractivity contribution < 1.29 is 23.0 Å². The zero-order chi connectivity index (χ0) is 13.5. The van der Waals surface area contributed by atoms with E-state index in [1.54, 1.807) is 6.07 Å². The molecule has 104 valence electrons. The van der Waals surface area contributed by atoms with Gasteiger partial charge in [-0.1, -0.05) is 0 Å². The Labute approximate surface area is 111 Å². The maximum absolute atomic E-state index is 12.2. The van der Waals surface area contributed by atoms with Gasteiger partial charge in [0.15, 0.2) is 11.5 Å². The number of nitrogens with one attached hydrogen (secondary N) is 1. The first-order valence-corrected chi connectivity index (χ1v) is 7.58. The monoisotopic (exact) mass is 285 g/mol. The first-order valence-electron chi connectivity index (χ1n) is 6.09. The SMILES string of the molecule is O=S(=O)(NC1(CO)CC1)c1ccc2c(c1)OCCO2. The third-order valence-corrected chi connectivity index (χ3v) is 4.91. The largest absolute Gasteiger partial charge is 0.486 e. The van der Waals surface area contributed by atoms with Gasteiger partial charge in [0.1, 0.15) is 13.2 Å². The van der Waals surface area contributed by atoms with E-state index in [4.69, 9.17) is 9.47 Å². The molecular formula is C12H15NO5S. The molecule has 1 aromatic carbocycles. The van der Waals surface area contributed by atoms with Crippen LogP contribution in [-0.4, -0.2) is 38.9 Å². The summed E-state index contributed by atoms with van der Waals surface area (Å²) in [7, 11) is -3.65. The fourth-order valence-electron chi connectivity index (χ4n) is 1.98. The standard InChI is InChI=1S/C12H15NO5S/c14-8-12(3-4-12)13-19(15,16)9-1-2-10-11(7-9)18-6-5-17-10/h1-2,7,13-14H,3-6,8H2. The van der Waals surface area contributed by atoms with Crippen LogP contribution in [0.4, 0.5) is 0 Å². The van der Waals surface area contributed by atoms with Gasteiger partial charge in [0.25, 0.3) is 0 Å². The fourth-order valence-corrected chi connectivity index (χ4v) is 3.44. The number of fused-ring (bicyclic) bond motifs is 1. The van der Waals surface area contributed by atoms with Crippen LogP contribution in [0, 0.1) is 0 Å². The third-order valence-electron chi connectivity index (χ3n) is 3.33. The van der Waals surface area contributed by atoms with Crippen molar-refractivity contribution in [2.75, 3.05) is 19.8 Å². The Morgan fingerprint density at radius 3 is 2.53 bits per heavy atom. The third kappa shape index (κ3) is 2.41. The Morgan fingerprint density at radius 1 is 1.21 bits per heavy atom. The normalized spacial score (nSPS) is 20.1. The van der Waals surface area contributed by atoms with Gasteiger partial charge < -0.3 is 14.6 Å². The van der Waals surface area contributed by atoms with E-state index in [0.29, 0.717) is 37.6 Å². The summed E-state index contributed by atoms with van der Waals surface area (Å²) in [6, 6.07) is 4.51. The van der Waals surface area contributed by atoms with E-state index < -0.39 is 15.6 Å². The smallest absolute Gasteiger partial charge is 0.241 e. The molecule has 0 unspecified atom stereocenters. The second-order valence-corrected chi connectivity index (χ2v) is 6.53. The van der Waals surface area contributed by atoms with E-state index in [0.717, 1.165) is 0 Å². The van der Waals surface area contributed by atoms with Crippen molar-refractivity contribution in [2.24, 2.45) is 0 Å².